The SMILES string of the molecule is CN1[C@@H]2CCC[C@H]1CC(NC(=O)c1nn(CCCNc3ccc([N+](=O)[O-])c4nonc34)c3ccccc13)C2. The van der Waals surface area contributed by atoms with E-state index in [4.69, 9.17) is 9.73 Å². The Morgan fingerprint density at radius 1 is 1.13 bits per heavy atom. The third kappa shape index (κ3) is 4.44. The molecular formula is C26H30N8O4. The van der Waals surface area contributed by atoms with Crippen molar-refractivity contribution in [1.82, 2.24) is 30.3 Å². The zero-order chi connectivity index (χ0) is 26.2. The molecule has 6 rings (SSSR count). The number of nitrogens with one attached hydrogen (secondary N) is 2. The smallest absolute Gasteiger partial charge is 0.300 e. The number of benzene rings is 2. The summed E-state index contributed by atoms with van der Waals surface area (Å²) in [5.74, 6) is -0.113. The molecule has 1 amide bonds. The highest BCUT2D eigenvalue weighted by Crippen LogP contribution is 2.33. The normalized spacial score (nSPS) is 21.6. The van der Waals surface area contributed by atoms with Crippen molar-refractivity contribution < 1.29 is 14.3 Å². The van der Waals surface area contributed by atoms with E-state index in [-0.39, 0.29) is 23.2 Å². The van der Waals surface area contributed by atoms with E-state index in [2.05, 4.69) is 32.9 Å². The molecule has 4 aromatic rings. The minimum atomic E-state index is -0.509. The van der Waals surface area contributed by atoms with Crippen molar-refractivity contribution in [2.45, 2.75) is 63.2 Å². The molecule has 12 nitrogen and oxygen atoms in total. The van der Waals surface area contributed by atoms with Crippen molar-refractivity contribution >= 4 is 39.2 Å². The fourth-order valence-corrected chi connectivity index (χ4v) is 6.05. The molecule has 2 N–H and O–H groups in total. The predicted octanol–water partition coefficient (Wildman–Crippen LogP) is 3.73. The van der Waals surface area contributed by atoms with Gasteiger partial charge in [-0.15, -0.1) is 0 Å². The Morgan fingerprint density at radius 2 is 1.89 bits per heavy atom. The number of aromatic nitrogens is 4. The highest BCUT2D eigenvalue weighted by Gasteiger charge is 2.36. The van der Waals surface area contributed by atoms with Crippen molar-refractivity contribution in [1.29, 1.82) is 0 Å². The Morgan fingerprint density at radius 3 is 2.68 bits per heavy atom. The number of aryl methyl sites for hydroxylation is 1. The van der Waals surface area contributed by atoms with Crippen molar-refractivity contribution in [3.8, 4) is 0 Å². The van der Waals surface area contributed by atoms with Gasteiger partial charge in [0.25, 0.3) is 5.91 Å². The molecule has 12 heteroatoms. The molecule has 38 heavy (non-hydrogen) atoms. The van der Waals surface area contributed by atoms with Crippen LogP contribution in [0.4, 0.5) is 11.4 Å². The van der Waals surface area contributed by atoms with Crippen molar-refractivity contribution in [3.05, 3.63) is 52.2 Å². The number of nitrogens with zero attached hydrogens (tertiary/aromatic N) is 6. The van der Waals surface area contributed by atoms with E-state index in [9.17, 15) is 14.9 Å². The number of fused-ring (bicyclic) bond motifs is 4. The minimum Gasteiger partial charge on any atom is -0.383 e. The van der Waals surface area contributed by atoms with Crippen LogP contribution in [0.25, 0.3) is 21.9 Å². The van der Waals surface area contributed by atoms with Crippen LogP contribution in [0.5, 0.6) is 0 Å². The number of carbonyl (C=O) groups is 1. The number of carbonyl (C=O) groups excluding carboxylic acids is 1. The van der Waals surface area contributed by atoms with Crippen LogP contribution in [0.3, 0.4) is 0 Å². The molecule has 198 valence electrons. The first-order valence-corrected chi connectivity index (χ1v) is 13.1. The van der Waals surface area contributed by atoms with Crippen molar-refractivity contribution in [2.75, 3.05) is 18.9 Å². The number of non-ortho nitro benzene ring substituents is 1. The van der Waals surface area contributed by atoms with Crippen molar-refractivity contribution in [3.63, 3.8) is 0 Å². The Balaban J connectivity index is 1.12. The minimum absolute atomic E-state index is 0.113. The number of hydrogen-bond acceptors (Lipinski definition) is 9. The summed E-state index contributed by atoms with van der Waals surface area (Å²) in [4.78, 5) is 26.5. The maximum atomic E-state index is 13.3. The van der Waals surface area contributed by atoms with Crippen molar-refractivity contribution in [2.24, 2.45) is 0 Å². The summed E-state index contributed by atoms with van der Waals surface area (Å²) in [5, 5.41) is 30.8. The van der Waals surface area contributed by atoms with Crippen LogP contribution in [0.2, 0.25) is 0 Å². The molecule has 2 aromatic carbocycles. The second-order valence-electron chi connectivity index (χ2n) is 10.3. The van der Waals surface area contributed by atoms with Gasteiger partial charge in [-0.1, -0.05) is 24.6 Å². The molecule has 3 atom stereocenters. The number of nitro groups is 1. The van der Waals surface area contributed by atoms with Crippen LogP contribution in [0.15, 0.2) is 41.0 Å². The summed E-state index contributed by atoms with van der Waals surface area (Å²) in [7, 11) is 2.21. The van der Waals surface area contributed by atoms with Crippen LogP contribution >= 0.6 is 0 Å². The summed E-state index contributed by atoms with van der Waals surface area (Å²) >= 11 is 0. The lowest BCUT2D eigenvalue weighted by molar-refractivity contribution is -0.383. The van der Waals surface area contributed by atoms with Gasteiger partial charge in [-0.2, -0.15) is 5.10 Å². The molecular weight excluding hydrogens is 488 g/mol. The third-order valence-electron chi connectivity index (χ3n) is 8.00. The molecule has 2 aliphatic rings. The third-order valence-corrected chi connectivity index (χ3v) is 8.00. The maximum absolute atomic E-state index is 13.3. The summed E-state index contributed by atoms with van der Waals surface area (Å²) in [6, 6.07) is 12.0. The highest BCUT2D eigenvalue weighted by molar-refractivity contribution is 6.05. The van der Waals surface area contributed by atoms with Gasteiger partial charge in [-0.25, -0.2) is 4.63 Å². The monoisotopic (exact) mass is 518 g/mol. The van der Waals surface area contributed by atoms with Gasteiger partial charge in [0.2, 0.25) is 5.52 Å². The van der Waals surface area contributed by atoms with Crippen LogP contribution < -0.4 is 10.6 Å². The number of para-hydroxylation sites is 1. The van der Waals surface area contributed by atoms with Gasteiger partial charge < -0.3 is 15.5 Å². The zero-order valence-electron chi connectivity index (χ0n) is 21.2. The topological polar surface area (TPSA) is 144 Å². The molecule has 2 saturated heterocycles. The standard InChI is InChI=1S/C26H30N8O4/c1-32-17-6-4-7-18(32)15-16(14-17)28-26(35)23-19-8-2-3-9-21(19)33(29-23)13-5-12-27-20-10-11-22(34(36)37)25-24(20)30-38-31-25/h2-3,8-11,16-18,27H,4-7,12-15H2,1H3,(H,28,35)/t16?,17-,18+. The van der Waals surface area contributed by atoms with Gasteiger partial charge in [0, 0.05) is 42.7 Å². The molecule has 0 aliphatic carbocycles. The van der Waals surface area contributed by atoms with Gasteiger partial charge in [0.05, 0.1) is 16.1 Å². The summed E-state index contributed by atoms with van der Waals surface area (Å²) in [6.45, 7) is 1.15. The first kappa shape index (κ1) is 24.3. The number of nitro benzene ring substituents is 1. The molecule has 2 aromatic heterocycles. The molecule has 2 aliphatic heterocycles. The molecule has 4 heterocycles. The molecule has 0 spiro atoms. The van der Waals surface area contributed by atoms with Gasteiger partial charge in [-0.05, 0) is 61.6 Å². The van der Waals surface area contributed by atoms with E-state index in [1.807, 2.05) is 28.9 Å². The number of hydrogen-bond donors (Lipinski definition) is 2. The average Bonchev–Trinajstić information content (AvgIpc) is 3.53. The van der Waals surface area contributed by atoms with Crippen LogP contribution in [0, 0.1) is 10.1 Å². The largest absolute Gasteiger partial charge is 0.383 e. The molecule has 2 fully saturated rings. The zero-order valence-corrected chi connectivity index (χ0v) is 21.2. The van der Waals surface area contributed by atoms with Gasteiger partial charge in [0.15, 0.2) is 11.2 Å². The Labute approximate surface area is 218 Å². The van der Waals surface area contributed by atoms with Gasteiger partial charge >= 0.3 is 5.69 Å². The summed E-state index contributed by atoms with van der Waals surface area (Å²) < 4.78 is 6.60. The Hall–Kier alpha value is -4.06. The number of amides is 1. The van der Waals surface area contributed by atoms with Gasteiger partial charge in [-0.3, -0.25) is 19.6 Å². The second kappa shape index (κ2) is 10.0. The molecule has 2 bridgehead atoms. The predicted molar refractivity (Wildman–Crippen MR) is 141 cm³/mol. The van der Waals surface area contributed by atoms with Crippen LogP contribution in [-0.2, 0) is 6.54 Å². The fourth-order valence-electron chi connectivity index (χ4n) is 6.05. The maximum Gasteiger partial charge on any atom is 0.300 e. The average molecular weight is 519 g/mol. The Kier molecular flexibility index (Phi) is 6.40. The van der Waals surface area contributed by atoms with Crippen LogP contribution in [-0.4, -0.2) is 67.5 Å². The quantitative estimate of drug-likeness (QED) is 0.202. The van der Waals surface area contributed by atoms with E-state index >= 15 is 0 Å². The lowest BCUT2D eigenvalue weighted by atomic mass is 9.82. The van der Waals surface area contributed by atoms with Gasteiger partial charge in [0.1, 0.15) is 0 Å². The number of piperidine rings is 2. The van der Waals surface area contributed by atoms with E-state index in [0.29, 0.717) is 48.5 Å². The second-order valence-corrected chi connectivity index (χ2v) is 10.3. The van der Waals surface area contributed by atoms with E-state index in [1.165, 1.54) is 25.3 Å². The van der Waals surface area contributed by atoms with E-state index in [0.717, 1.165) is 23.7 Å². The van der Waals surface area contributed by atoms with E-state index in [1.54, 1.807) is 6.07 Å². The lowest BCUT2D eigenvalue weighted by Crippen LogP contribution is -2.55. The molecule has 0 radical (unpaired) electrons. The molecule has 0 saturated carbocycles. The summed E-state index contributed by atoms with van der Waals surface area (Å²) in [5.41, 5.74) is 2.27. The first-order chi connectivity index (χ1) is 18.5. The van der Waals surface area contributed by atoms with Crippen LogP contribution in [0.1, 0.15) is 49.0 Å². The number of anilines is 1. The number of rotatable bonds is 8. The Bertz CT molecular complexity index is 1480. The summed E-state index contributed by atoms with van der Waals surface area (Å²) in [6.07, 6.45) is 6.34. The highest BCUT2D eigenvalue weighted by atomic mass is 16.6. The van der Waals surface area contributed by atoms with E-state index < -0.39 is 4.92 Å². The fraction of sp³-hybridized carbons (Fsp3) is 0.462. The molecule has 1 unspecified atom stereocenters. The lowest BCUT2D eigenvalue weighted by Gasteiger charge is -2.47. The first-order valence-electron chi connectivity index (χ1n) is 13.1.